The molecule has 1 aliphatic carbocycles. The van der Waals surface area contributed by atoms with E-state index in [2.05, 4.69) is 4.72 Å². The molecule has 5 nitrogen and oxygen atoms in total. The smallest absolute Gasteiger partial charge is 0.240 e. The summed E-state index contributed by atoms with van der Waals surface area (Å²) in [7, 11) is -2.42. The highest BCUT2D eigenvalue weighted by atomic mass is 32.2. The molecule has 0 spiro atoms. The van der Waals surface area contributed by atoms with E-state index < -0.39 is 21.4 Å². The van der Waals surface area contributed by atoms with Crippen LogP contribution in [0.3, 0.4) is 0 Å². The molecular weight excluding hydrogens is 271 g/mol. The fourth-order valence-corrected chi connectivity index (χ4v) is 3.09. The first-order valence-electron chi connectivity index (χ1n) is 5.98. The van der Waals surface area contributed by atoms with E-state index in [9.17, 15) is 12.8 Å². The van der Waals surface area contributed by atoms with Gasteiger partial charge in [0.05, 0.1) is 12.0 Å². The van der Waals surface area contributed by atoms with Crippen LogP contribution in [-0.2, 0) is 10.0 Å². The number of nitrogens with one attached hydrogen (secondary N) is 1. The van der Waals surface area contributed by atoms with Gasteiger partial charge < -0.3 is 10.5 Å². The summed E-state index contributed by atoms with van der Waals surface area (Å²) in [4.78, 5) is -0.131. The Labute approximate surface area is 112 Å². The molecule has 0 saturated heterocycles. The van der Waals surface area contributed by atoms with Crippen LogP contribution < -0.4 is 15.2 Å². The third-order valence-electron chi connectivity index (χ3n) is 3.40. The van der Waals surface area contributed by atoms with Crippen LogP contribution in [0.1, 0.15) is 19.3 Å². The molecule has 2 rings (SSSR count). The van der Waals surface area contributed by atoms with E-state index in [1.807, 2.05) is 0 Å². The molecule has 0 bridgehead atoms. The fourth-order valence-electron chi connectivity index (χ4n) is 1.94. The first kappa shape index (κ1) is 14.2. The summed E-state index contributed by atoms with van der Waals surface area (Å²) in [5.74, 6) is -0.704. The molecule has 0 aromatic heterocycles. The lowest BCUT2D eigenvalue weighted by molar-refractivity contribution is 0.251. The maximum Gasteiger partial charge on any atom is 0.240 e. The lowest BCUT2D eigenvalue weighted by Gasteiger charge is -2.37. The summed E-state index contributed by atoms with van der Waals surface area (Å²) in [5.41, 5.74) is 5.48. The molecule has 19 heavy (non-hydrogen) atoms. The van der Waals surface area contributed by atoms with E-state index in [4.69, 9.17) is 10.5 Å². The highest BCUT2D eigenvalue weighted by Gasteiger charge is 2.33. The minimum Gasteiger partial charge on any atom is -0.494 e. The zero-order chi connectivity index (χ0) is 14.1. The van der Waals surface area contributed by atoms with E-state index in [0.717, 1.165) is 25.3 Å². The number of sulfonamides is 1. The van der Waals surface area contributed by atoms with Gasteiger partial charge in [-0.15, -0.1) is 0 Å². The summed E-state index contributed by atoms with van der Waals surface area (Å²) in [6, 6.07) is 3.52. The normalized spacial score (nSPS) is 17.8. The van der Waals surface area contributed by atoms with Crippen molar-refractivity contribution in [3.8, 4) is 5.75 Å². The van der Waals surface area contributed by atoms with Crippen LogP contribution in [0, 0.1) is 5.82 Å². The number of benzene rings is 1. The molecule has 0 atom stereocenters. The van der Waals surface area contributed by atoms with Gasteiger partial charge in [0.25, 0.3) is 0 Å². The van der Waals surface area contributed by atoms with Crippen molar-refractivity contribution in [3.63, 3.8) is 0 Å². The third kappa shape index (κ3) is 3.05. The first-order chi connectivity index (χ1) is 8.86. The van der Waals surface area contributed by atoms with Crippen molar-refractivity contribution in [2.24, 2.45) is 5.73 Å². The summed E-state index contributed by atoms with van der Waals surface area (Å²) in [6.45, 7) is 0.170. The Kier molecular flexibility index (Phi) is 3.80. The van der Waals surface area contributed by atoms with Crippen molar-refractivity contribution in [1.29, 1.82) is 0 Å². The van der Waals surface area contributed by atoms with Crippen LogP contribution in [0.2, 0.25) is 0 Å². The zero-order valence-corrected chi connectivity index (χ0v) is 11.5. The maximum atomic E-state index is 13.5. The fraction of sp³-hybridized carbons (Fsp3) is 0.500. The van der Waals surface area contributed by atoms with Crippen molar-refractivity contribution in [3.05, 3.63) is 24.0 Å². The molecule has 7 heteroatoms. The molecular formula is C12H17FN2O3S. The van der Waals surface area contributed by atoms with Crippen LogP contribution in [0.25, 0.3) is 0 Å². The third-order valence-corrected chi connectivity index (χ3v) is 4.80. The predicted molar refractivity (Wildman–Crippen MR) is 68.9 cm³/mol. The van der Waals surface area contributed by atoms with Gasteiger partial charge in [0.15, 0.2) is 11.6 Å². The Hall–Kier alpha value is -1.18. The Morgan fingerprint density at radius 2 is 2.16 bits per heavy atom. The van der Waals surface area contributed by atoms with Gasteiger partial charge in [-0.2, -0.15) is 0 Å². The first-order valence-corrected chi connectivity index (χ1v) is 7.47. The number of halogens is 1. The minimum atomic E-state index is -3.74. The van der Waals surface area contributed by atoms with E-state index in [0.29, 0.717) is 0 Å². The van der Waals surface area contributed by atoms with Gasteiger partial charge in [0.1, 0.15) is 0 Å². The highest BCUT2D eigenvalue weighted by Crippen LogP contribution is 2.28. The molecule has 0 radical (unpaired) electrons. The maximum absolute atomic E-state index is 13.5. The van der Waals surface area contributed by atoms with Crippen molar-refractivity contribution in [2.75, 3.05) is 13.7 Å². The van der Waals surface area contributed by atoms with Gasteiger partial charge in [-0.1, -0.05) is 0 Å². The van der Waals surface area contributed by atoms with E-state index >= 15 is 0 Å². The number of nitrogens with two attached hydrogens (primary N) is 1. The number of methoxy groups -OCH3 is 1. The van der Waals surface area contributed by atoms with E-state index in [1.165, 1.54) is 19.2 Å². The van der Waals surface area contributed by atoms with Crippen molar-refractivity contribution in [1.82, 2.24) is 4.72 Å². The summed E-state index contributed by atoms with van der Waals surface area (Å²) in [6.07, 6.45) is 2.61. The molecule has 0 amide bonds. The van der Waals surface area contributed by atoms with Gasteiger partial charge >= 0.3 is 0 Å². The molecule has 0 heterocycles. The van der Waals surface area contributed by atoms with Crippen molar-refractivity contribution < 1.29 is 17.5 Å². The number of hydrogen-bond acceptors (Lipinski definition) is 4. The number of ether oxygens (including phenoxy) is 1. The molecule has 3 N–H and O–H groups in total. The average molecular weight is 288 g/mol. The standard InChI is InChI=1S/C12H17FN2O3S/c1-18-11-4-3-9(7-10(11)13)19(16,17)15-8-12(14)5-2-6-12/h3-4,7,15H,2,5-6,8,14H2,1H3. The van der Waals surface area contributed by atoms with Crippen molar-refractivity contribution in [2.45, 2.75) is 29.7 Å². The second-order valence-electron chi connectivity index (χ2n) is 4.84. The van der Waals surface area contributed by atoms with Gasteiger partial charge in [0.2, 0.25) is 10.0 Å². The Bertz CT molecular complexity index is 570. The molecule has 1 fully saturated rings. The second kappa shape index (κ2) is 5.07. The van der Waals surface area contributed by atoms with Crippen LogP contribution >= 0.6 is 0 Å². The lowest BCUT2D eigenvalue weighted by atomic mass is 9.78. The van der Waals surface area contributed by atoms with Crippen LogP contribution in [0.15, 0.2) is 23.1 Å². The van der Waals surface area contributed by atoms with Crippen LogP contribution in [0.5, 0.6) is 5.75 Å². The predicted octanol–water partition coefficient (Wildman–Crippen LogP) is 0.994. The van der Waals surface area contributed by atoms with Gasteiger partial charge in [-0.3, -0.25) is 0 Å². The summed E-state index contributed by atoms with van der Waals surface area (Å²) in [5, 5.41) is 0. The Morgan fingerprint density at radius 3 is 2.63 bits per heavy atom. The van der Waals surface area contributed by atoms with Gasteiger partial charge in [-0.25, -0.2) is 17.5 Å². The monoisotopic (exact) mass is 288 g/mol. The molecule has 106 valence electrons. The summed E-state index contributed by atoms with van der Waals surface area (Å²) < 4.78 is 44.6. The largest absolute Gasteiger partial charge is 0.494 e. The summed E-state index contributed by atoms with van der Waals surface area (Å²) >= 11 is 0. The van der Waals surface area contributed by atoms with Crippen LogP contribution in [0.4, 0.5) is 4.39 Å². The van der Waals surface area contributed by atoms with E-state index in [1.54, 1.807) is 0 Å². The molecule has 0 aliphatic heterocycles. The van der Waals surface area contributed by atoms with Crippen molar-refractivity contribution >= 4 is 10.0 Å². The Morgan fingerprint density at radius 1 is 1.47 bits per heavy atom. The molecule has 1 aliphatic rings. The number of hydrogen-bond donors (Lipinski definition) is 2. The minimum absolute atomic E-state index is 0.00763. The van der Waals surface area contributed by atoms with Gasteiger partial charge in [0, 0.05) is 12.1 Å². The topological polar surface area (TPSA) is 81.4 Å². The van der Waals surface area contributed by atoms with Crippen LogP contribution in [-0.4, -0.2) is 27.6 Å². The van der Waals surface area contributed by atoms with Gasteiger partial charge in [-0.05, 0) is 37.5 Å². The highest BCUT2D eigenvalue weighted by molar-refractivity contribution is 7.89. The Balaban J connectivity index is 2.12. The second-order valence-corrected chi connectivity index (χ2v) is 6.60. The number of rotatable bonds is 5. The SMILES string of the molecule is COc1ccc(S(=O)(=O)NCC2(N)CCC2)cc1F. The van der Waals surface area contributed by atoms with E-state index in [-0.39, 0.29) is 17.2 Å². The average Bonchev–Trinajstić information content (AvgIpc) is 2.34. The zero-order valence-electron chi connectivity index (χ0n) is 10.6. The lowest BCUT2D eigenvalue weighted by Crippen LogP contribution is -2.54. The molecule has 1 aromatic carbocycles. The molecule has 1 aromatic rings. The molecule has 1 saturated carbocycles. The molecule has 0 unspecified atom stereocenters. The quantitative estimate of drug-likeness (QED) is 0.846.